The van der Waals surface area contributed by atoms with Gasteiger partial charge in [0.05, 0.1) is 11.3 Å². The second-order valence-electron chi connectivity index (χ2n) is 5.37. The van der Waals surface area contributed by atoms with Gasteiger partial charge < -0.3 is 10.4 Å². The highest BCUT2D eigenvalue weighted by atomic mass is 32.2. The van der Waals surface area contributed by atoms with Crippen molar-refractivity contribution in [3.63, 3.8) is 0 Å². The highest BCUT2D eigenvalue weighted by molar-refractivity contribution is 8.00. The third kappa shape index (κ3) is 6.80. The monoisotopic (exact) mass is 310 g/mol. The molecule has 0 heterocycles. The summed E-state index contributed by atoms with van der Waals surface area (Å²) in [6, 6.07) is 5.64. The maximum atomic E-state index is 11.6. The molecule has 0 bridgehead atoms. The van der Waals surface area contributed by atoms with Crippen LogP contribution in [-0.4, -0.2) is 34.3 Å². The Bertz CT molecular complexity index is 535. The molecule has 0 saturated heterocycles. The summed E-state index contributed by atoms with van der Waals surface area (Å²) in [4.78, 5) is 34.5. The number of hydrogen-bond donors (Lipinski definition) is 3. The van der Waals surface area contributed by atoms with E-state index in [0.717, 1.165) is 4.90 Å². The van der Waals surface area contributed by atoms with Gasteiger partial charge in [0, 0.05) is 10.4 Å². The van der Waals surface area contributed by atoms with Crippen LogP contribution < -0.4 is 10.6 Å². The minimum absolute atomic E-state index is 0.0734. The molecule has 21 heavy (non-hydrogen) atoms. The number of benzene rings is 1. The Morgan fingerprint density at radius 1 is 1.14 bits per heavy atom. The second-order valence-corrected chi connectivity index (χ2v) is 6.42. The van der Waals surface area contributed by atoms with E-state index in [1.54, 1.807) is 12.1 Å². The topological polar surface area (TPSA) is 95.5 Å². The number of imide groups is 1. The van der Waals surface area contributed by atoms with Gasteiger partial charge in [-0.1, -0.05) is 0 Å². The molecule has 0 radical (unpaired) electrons. The number of thioether (sulfide) groups is 1. The van der Waals surface area contributed by atoms with Gasteiger partial charge in [-0.05, 0) is 45.0 Å². The Morgan fingerprint density at radius 2 is 1.71 bits per heavy atom. The average Bonchev–Trinajstić information content (AvgIpc) is 2.34. The van der Waals surface area contributed by atoms with Crippen molar-refractivity contribution in [2.45, 2.75) is 31.2 Å². The van der Waals surface area contributed by atoms with E-state index in [1.807, 2.05) is 20.8 Å². The molecule has 6 nitrogen and oxygen atoms in total. The number of aromatic carboxylic acids is 1. The Hall–Kier alpha value is -2.02. The van der Waals surface area contributed by atoms with Crippen LogP contribution in [0.5, 0.6) is 0 Å². The first-order valence-corrected chi connectivity index (χ1v) is 7.24. The molecular formula is C14H18N2O4S. The number of hydrogen-bond acceptors (Lipinski definition) is 4. The Balaban J connectivity index is 2.42. The second kappa shape index (κ2) is 7.12. The molecule has 114 valence electrons. The number of carbonyl (C=O) groups is 3. The van der Waals surface area contributed by atoms with Gasteiger partial charge in [-0.15, -0.1) is 11.8 Å². The first kappa shape index (κ1) is 17.0. The third-order valence-corrected chi connectivity index (χ3v) is 3.22. The lowest BCUT2D eigenvalue weighted by molar-refractivity contribution is -0.117. The fourth-order valence-electron chi connectivity index (χ4n) is 1.38. The molecule has 7 heteroatoms. The summed E-state index contributed by atoms with van der Waals surface area (Å²) in [6.45, 7) is 5.45. The van der Waals surface area contributed by atoms with Crippen LogP contribution in [0, 0.1) is 0 Å². The summed E-state index contributed by atoms with van der Waals surface area (Å²) >= 11 is 1.22. The van der Waals surface area contributed by atoms with Crippen molar-refractivity contribution in [1.82, 2.24) is 10.6 Å². The first-order chi connectivity index (χ1) is 9.67. The van der Waals surface area contributed by atoms with E-state index in [2.05, 4.69) is 10.6 Å². The largest absolute Gasteiger partial charge is 0.478 e. The smallest absolute Gasteiger partial charge is 0.335 e. The molecule has 0 atom stereocenters. The van der Waals surface area contributed by atoms with Gasteiger partial charge in [-0.2, -0.15) is 0 Å². The standard InChI is InChI=1S/C14H18N2O4S/c1-14(2,3)16-13(20)15-11(17)8-21-10-6-4-9(5-7-10)12(18)19/h4-7H,8H2,1-3H3,(H,18,19)(H2,15,16,17,20). The minimum atomic E-state index is -0.997. The highest BCUT2D eigenvalue weighted by Crippen LogP contribution is 2.18. The molecule has 0 saturated carbocycles. The van der Waals surface area contributed by atoms with E-state index >= 15 is 0 Å². The lowest BCUT2D eigenvalue weighted by Crippen LogP contribution is -2.48. The summed E-state index contributed by atoms with van der Waals surface area (Å²) in [5.74, 6) is -1.34. The molecule has 0 spiro atoms. The lowest BCUT2D eigenvalue weighted by Gasteiger charge is -2.20. The maximum absolute atomic E-state index is 11.6. The normalized spacial score (nSPS) is 10.8. The van der Waals surface area contributed by atoms with Crippen molar-refractivity contribution >= 4 is 29.7 Å². The van der Waals surface area contributed by atoms with Gasteiger partial charge in [-0.3, -0.25) is 10.1 Å². The lowest BCUT2D eigenvalue weighted by atomic mass is 10.1. The van der Waals surface area contributed by atoms with Gasteiger partial charge in [0.1, 0.15) is 0 Å². The van der Waals surface area contributed by atoms with E-state index in [1.165, 1.54) is 23.9 Å². The summed E-state index contributed by atoms with van der Waals surface area (Å²) < 4.78 is 0. The minimum Gasteiger partial charge on any atom is -0.478 e. The van der Waals surface area contributed by atoms with Gasteiger partial charge >= 0.3 is 12.0 Å². The predicted octanol–water partition coefficient (Wildman–Crippen LogP) is 2.10. The van der Waals surface area contributed by atoms with E-state index in [0.29, 0.717) is 0 Å². The maximum Gasteiger partial charge on any atom is 0.335 e. The molecule has 0 aliphatic heterocycles. The zero-order chi connectivity index (χ0) is 16.0. The van der Waals surface area contributed by atoms with E-state index in [-0.39, 0.29) is 11.3 Å². The average molecular weight is 310 g/mol. The van der Waals surface area contributed by atoms with Crippen LogP contribution in [0.3, 0.4) is 0 Å². The van der Waals surface area contributed by atoms with Crippen LogP contribution >= 0.6 is 11.8 Å². The van der Waals surface area contributed by atoms with Crippen molar-refractivity contribution in [3.05, 3.63) is 29.8 Å². The number of nitrogens with one attached hydrogen (secondary N) is 2. The molecule has 0 fully saturated rings. The molecule has 1 rings (SSSR count). The Kier molecular flexibility index (Phi) is 5.78. The van der Waals surface area contributed by atoms with Crippen LogP contribution in [-0.2, 0) is 4.79 Å². The van der Waals surface area contributed by atoms with Crippen molar-refractivity contribution in [3.8, 4) is 0 Å². The summed E-state index contributed by atoms with van der Waals surface area (Å²) in [7, 11) is 0. The van der Waals surface area contributed by atoms with E-state index in [9.17, 15) is 14.4 Å². The Morgan fingerprint density at radius 3 is 2.19 bits per heavy atom. The van der Waals surface area contributed by atoms with Crippen molar-refractivity contribution < 1.29 is 19.5 Å². The fourth-order valence-corrected chi connectivity index (χ4v) is 2.08. The number of amides is 3. The summed E-state index contributed by atoms with van der Waals surface area (Å²) in [6.07, 6.45) is 0. The van der Waals surface area contributed by atoms with Gasteiger partial charge in [-0.25, -0.2) is 9.59 Å². The third-order valence-electron chi connectivity index (χ3n) is 2.21. The van der Waals surface area contributed by atoms with Gasteiger partial charge in [0.15, 0.2) is 0 Å². The molecule has 3 amide bonds. The zero-order valence-corrected chi connectivity index (χ0v) is 12.9. The van der Waals surface area contributed by atoms with Crippen LogP contribution in [0.2, 0.25) is 0 Å². The van der Waals surface area contributed by atoms with E-state index < -0.39 is 23.4 Å². The quantitative estimate of drug-likeness (QED) is 0.740. The van der Waals surface area contributed by atoms with Crippen molar-refractivity contribution in [2.24, 2.45) is 0 Å². The van der Waals surface area contributed by atoms with E-state index in [4.69, 9.17) is 5.11 Å². The predicted molar refractivity (Wildman–Crippen MR) is 80.6 cm³/mol. The SMILES string of the molecule is CC(C)(C)NC(=O)NC(=O)CSc1ccc(C(=O)O)cc1. The summed E-state index contributed by atoms with van der Waals surface area (Å²) in [5, 5.41) is 13.6. The van der Waals surface area contributed by atoms with Crippen LogP contribution in [0.15, 0.2) is 29.2 Å². The van der Waals surface area contributed by atoms with Crippen LogP contribution in [0.25, 0.3) is 0 Å². The summed E-state index contributed by atoms with van der Waals surface area (Å²) in [5.41, 5.74) is -0.224. The van der Waals surface area contributed by atoms with Crippen LogP contribution in [0.1, 0.15) is 31.1 Å². The van der Waals surface area contributed by atoms with Crippen molar-refractivity contribution in [2.75, 3.05) is 5.75 Å². The molecule has 3 N–H and O–H groups in total. The first-order valence-electron chi connectivity index (χ1n) is 6.25. The van der Waals surface area contributed by atoms with Gasteiger partial charge in [0.25, 0.3) is 0 Å². The zero-order valence-electron chi connectivity index (χ0n) is 12.1. The highest BCUT2D eigenvalue weighted by Gasteiger charge is 2.15. The molecule has 0 aliphatic carbocycles. The number of rotatable bonds is 4. The van der Waals surface area contributed by atoms with Gasteiger partial charge in [0.2, 0.25) is 5.91 Å². The van der Waals surface area contributed by atoms with Crippen molar-refractivity contribution in [1.29, 1.82) is 0 Å². The van der Waals surface area contributed by atoms with Crippen LogP contribution in [0.4, 0.5) is 4.79 Å². The fraction of sp³-hybridized carbons (Fsp3) is 0.357. The Labute approximate surface area is 127 Å². The molecule has 0 unspecified atom stereocenters. The molecule has 0 aromatic heterocycles. The molecule has 1 aromatic carbocycles. The molecule has 0 aliphatic rings. The molecular weight excluding hydrogens is 292 g/mol. The number of carbonyl (C=O) groups excluding carboxylic acids is 2. The number of urea groups is 1. The number of carboxylic acid groups (broad SMARTS) is 1. The number of carboxylic acids is 1. The molecule has 1 aromatic rings.